The number of hydrogen-bond donors (Lipinski definition) is 1. The molecule has 0 aliphatic heterocycles. The van der Waals surface area contributed by atoms with E-state index in [1.54, 1.807) is 20.4 Å². The van der Waals surface area contributed by atoms with Gasteiger partial charge in [0.05, 0.1) is 30.6 Å². The van der Waals surface area contributed by atoms with E-state index in [1.807, 2.05) is 17.5 Å². The van der Waals surface area contributed by atoms with E-state index in [9.17, 15) is 0 Å². The maximum Gasteiger partial charge on any atom is 0.203 e. The highest BCUT2D eigenvalue weighted by atomic mass is 79.9. The fourth-order valence-electron chi connectivity index (χ4n) is 2.71. The van der Waals surface area contributed by atoms with E-state index in [1.165, 1.54) is 22.5 Å². The fourth-order valence-corrected chi connectivity index (χ4v) is 3.96. The summed E-state index contributed by atoms with van der Waals surface area (Å²) in [6, 6.07) is 10.1. The number of aromatic nitrogens is 1. The van der Waals surface area contributed by atoms with Gasteiger partial charge < -0.3 is 9.47 Å². The summed E-state index contributed by atoms with van der Waals surface area (Å²) < 4.78 is 11.4. The maximum absolute atomic E-state index is 5.38. The number of hydrogen-bond acceptors (Lipinski definition) is 6. The van der Waals surface area contributed by atoms with Crippen LogP contribution in [0.3, 0.4) is 0 Å². The molecule has 2 aromatic carbocycles. The molecule has 140 valence electrons. The van der Waals surface area contributed by atoms with E-state index in [2.05, 4.69) is 63.5 Å². The summed E-state index contributed by atoms with van der Waals surface area (Å²) >= 11 is 5.05. The Hall–Kier alpha value is -2.38. The third-order valence-electron chi connectivity index (χ3n) is 4.04. The van der Waals surface area contributed by atoms with E-state index < -0.39 is 0 Å². The van der Waals surface area contributed by atoms with Gasteiger partial charge in [0.15, 0.2) is 11.5 Å². The molecule has 3 rings (SSSR count). The summed E-state index contributed by atoms with van der Waals surface area (Å²) in [6.45, 7) is 4.19. The van der Waals surface area contributed by atoms with Crippen LogP contribution in [0.1, 0.15) is 16.7 Å². The Balaban J connectivity index is 1.75. The summed E-state index contributed by atoms with van der Waals surface area (Å²) in [5.74, 6) is 1.29. The first kappa shape index (κ1) is 19.4. The number of benzene rings is 2. The van der Waals surface area contributed by atoms with E-state index in [0.717, 1.165) is 26.4 Å². The topological polar surface area (TPSA) is 55.7 Å². The van der Waals surface area contributed by atoms with Crippen molar-refractivity contribution >= 4 is 38.6 Å². The van der Waals surface area contributed by atoms with E-state index >= 15 is 0 Å². The molecule has 0 aliphatic carbocycles. The number of ether oxygens (including phenoxy) is 2. The first-order valence-corrected chi connectivity index (χ1v) is 9.93. The van der Waals surface area contributed by atoms with Crippen LogP contribution < -0.4 is 14.9 Å². The van der Waals surface area contributed by atoms with E-state index in [-0.39, 0.29) is 0 Å². The fraction of sp³-hybridized carbons (Fsp3) is 0.200. The number of rotatable bonds is 6. The molecular formula is C20H20BrN3O2S. The molecule has 0 spiro atoms. The molecule has 27 heavy (non-hydrogen) atoms. The molecule has 0 saturated heterocycles. The van der Waals surface area contributed by atoms with Gasteiger partial charge in [-0.05, 0) is 47.5 Å². The number of anilines is 1. The lowest BCUT2D eigenvalue weighted by molar-refractivity contribution is 0.353. The second-order valence-corrected chi connectivity index (χ2v) is 7.58. The Kier molecular flexibility index (Phi) is 6.13. The zero-order valence-electron chi connectivity index (χ0n) is 15.5. The molecule has 0 saturated carbocycles. The zero-order valence-corrected chi connectivity index (χ0v) is 17.9. The van der Waals surface area contributed by atoms with Crippen molar-refractivity contribution in [2.45, 2.75) is 13.8 Å². The molecule has 0 amide bonds. The van der Waals surface area contributed by atoms with Crippen LogP contribution in [0, 0.1) is 13.8 Å². The second kappa shape index (κ2) is 8.54. The van der Waals surface area contributed by atoms with Gasteiger partial charge in [0.2, 0.25) is 5.13 Å². The van der Waals surface area contributed by atoms with Crippen molar-refractivity contribution in [1.82, 2.24) is 4.98 Å². The van der Waals surface area contributed by atoms with Crippen LogP contribution in [0.5, 0.6) is 11.5 Å². The first-order chi connectivity index (χ1) is 13.0. The Morgan fingerprint density at radius 2 is 1.96 bits per heavy atom. The highest BCUT2D eigenvalue weighted by molar-refractivity contribution is 9.10. The molecule has 0 atom stereocenters. The Bertz CT molecular complexity index is 985. The quantitative estimate of drug-likeness (QED) is 0.393. The molecule has 3 aromatic rings. The van der Waals surface area contributed by atoms with Gasteiger partial charge in [-0.1, -0.05) is 23.8 Å². The molecule has 0 radical (unpaired) electrons. The SMILES string of the molecule is COc1ccc(/C=N\Nc2nc(-c3ccc(C)cc3C)cs2)c(Br)c1OC. The molecule has 0 aliphatic rings. The van der Waals surface area contributed by atoms with Gasteiger partial charge in [-0.3, -0.25) is 5.43 Å². The predicted molar refractivity (Wildman–Crippen MR) is 115 cm³/mol. The number of aryl methyl sites for hydroxylation is 2. The third kappa shape index (κ3) is 4.31. The Morgan fingerprint density at radius 3 is 2.67 bits per heavy atom. The molecule has 0 fully saturated rings. The molecule has 1 heterocycles. The van der Waals surface area contributed by atoms with Crippen molar-refractivity contribution in [1.29, 1.82) is 0 Å². The van der Waals surface area contributed by atoms with Crippen LogP contribution in [0.4, 0.5) is 5.13 Å². The van der Waals surface area contributed by atoms with Crippen molar-refractivity contribution in [3.8, 4) is 22.8 Å². The molecule has 1 aromatic heterocycles. The van der Waals surface area contributed by atoms with Crippen molar-refractivity contribution < 1.29 is 9.47 Å². The zero-order chi connectivity index (χ0) is 19.4. The van der Waals surface area contributed by atoms with Gasteiger partial charge >= 0.3 is 0 Å². The van der Waals surface area contributed by atoms with Crippen molar-refractivity contribution in [3.05, 3.63) is 56.9 Å². The first-order valence-electron chi connectivity index (χ1n) is 8.26. The number of hydrazone groups is 1. The highest BCUT2D eigenvalue weighted by Crippen LogP contribution is 2.37. The average molecular weight is 446 g/mol. The number of nitrogens with zero attached hydrogens (tertiary/aromatic N) is 2. The van der Waals surface area contributed by atoms with Crippen molar-refractivity contribution in [2.75, 3.05) is 19.6 Å². The summed E-state index contributed by atoms with van der Waals surface area (Å²) in [5, 5.41) is 7.06. The van der Waals surface area contributed by atoms with Crippen LogP contribution in [-0.4, -0.2) is 25.4 Å². The molecule has 0 bridgehead atoms. The molecule has 1 N–H and O–H groups in total. The standard InChI is InChI=1S/C20H20BrN3O2S/c1-12-5-7-15(13(2)9-12)16-11-27-20(23-16)24-22-10-14-6-8-17(25-3)19(26-4)18(14)21/h5-11H,1-4H3,(H,23,24)/b22-10-. The minimum Gasteiger partial charge on any atom is -0.493 e. The van der Waals surface area contributed by atoms with E-state index in [0.29, 0.717) is 11.5 Å². The summed E-state index contributed by atoms with van der Waals surface area (Å²) in [7, 11) is 3.21. The van der Waals surface area contributed by atoms with Gasteiger partial charge in [0.1, 0.15) is 0 Å². The van der Waals surface area contributed by atoms with Crippen LogP contribution >= 0.6 is 27.3 Å². The Morgan fingerprint density at radius 1 is 1.15 bits per heavy atom. The van der Waals surface area contributed by atoms with Crippen LogP contribution in [0.2, 0.25) is 0 Å². The molecule has 0 unspecified atom stereocenters. The van der Waals surface area contributed by atoms with Gasteiger partial charge in [0.25, 0.3) is 0 Å². The summed E-state index contributed by atoms with van der Waals surface area (Å²) in [5.41, 5.74) is 8.40. The number of halogens is 1. The van der Waals surface area contributed by atoms with Gasteiger partial charge in [-0.2, -0.15) is 5.10 Å². The molecule has 7 heteroatoms. The largest absolute Gasteiger partial charge is 0.493 e. The van der Waals surface area contributed by atoms with E-state index in [4.69, 9.17) is 9.47 Å². The lowest BCUT2D eigenvalue weighted by Gasteiger charge is -2.10. The Labute approximate surface area is 171 Å². The minimum absolute atomic E-state index is 0.632. The van der Waals surface area contributed by atoms with Gasteiger partial charge in [-0.15, -0.1) is 11.3 Å². The van der Waals surface area contributed by atoms with Crippen LogP contribution in [0.15, 0.2) is 45.3 Å². The summed E-state index contributed by atoms with van der Waals surface area (Å²) in [4.78, 5) is 4.62. The smallest absolute Gasteiger partial charge is 0.203 e. The average Bonchev–Trinajstić information content (AvgIpc) is 3.11. The predicted octanol–water partition coefficient (Wildman–Crippen LogP) is 5.65. The van der Waals surface area contributed by atoms with Gasteiger partial charge in [-0.25, -0.2) is 4.98 Å². The monoisotopic (exact) mass is 445 g/mol. The van der Waals surface area contributed by atoms with Crippen LogP contribution in [-0.2, 0) is 0 Å². The lowest BCUT2D eigenvalue weighted by atomic mass is 10.0. The second-order valence-electron chi connectivity index (χ2n) is 5.93. The minimum atomic E-state index is 0.632. The number of thiazole rings is 1. The van der Waals surface area contributed by atoms with Crippen LogP contribution in [0.25, 0.3) is 11.3 Å². The highest BCUT2D eigenvalue weighted by Gasteiger charge is 2.11. The van der Waals surface area contributed by atoms with Crippen molar-refractivity contribution in [2.24, 2.45) is 5.10 Å². The molecule has 5 nitrogen and oxygen atoms in total. The lowest BCUT2D eigenvalue weighted by Crippen LogP contribution is -1.96. The normalized spacial score (nSPS) is 11.0. The maximum atomic E-state index is 5.38. The number of methoxy groups -OCH3 is 2. The summed E-state index contributed by atoms with van der Waals surface area (Å²) in [6.07, 6.45) is 1.71. The van der Waals surface area contributed by atoms with Gasteiger partial charge in [0, 0.05) is 16.5 Å². The molecular weight excluding hydrogens is 426 g/mol. The number of nitrogens with one attached hydrogen (secondary N) is 1. The third-order valence-corrected chi connectivity index (χ3v) is 5.61. The van der Waals surface area contributed by atoms with Crippen molar-refractivity contribution in [3.63, 3.8) is 0 Å².